The minimum atomic E-state index is 1.27. The van der Waals surface area contributed by atoms with Gasteiger partial charge in [-0.3, -0.25) is 0 Å². The molecule has 0 heteroatoms. The topological polar surface area (TPSA) is 0 Å². The van der Waals surface area contributed by atoms with Gasteiger partial charge in [-0.25, -0.2) is 0 Å². The fourth-order valence-electron chi connectivity index (χ4n) is 2.31. The van der Waals surface area contributed by atoms with E-state index in [0.717, 1.165) is 0 Å². The highest BCUT2D eigenvalue weighted by Crippen LogP contribution is 2.26. The van der Waals surface area contributed by atoms with E-state index in [-0.39, 0.29) is 0 Å². The summed E-state index contributed by atoms with van der Waals surface area (Å²) in [5.74, 6) is 0. The van der Waals surface area contributed by atoms with Gasteiger partial charge in [-0.05, 0) is 52.4 Å². The maximum atomic E-state index is 2.34. The Hall–Kier alpha value is -1.04. The van der Waals surface area contributed by atoms with E-state index >= 15 is 0 Å². The van der Waals surface area contributed by atoms with Crippen molar-refractivity contribution >= 4 is 0 Å². The monoisotopic (exact) mass is 214 g/mol. The van der Waals surface area contributed by atoms with Crippen LogP contribution in [0.3, 0.4) is 0 Å². The highest BCUT2D eigenvalue weighted by molar-refractivity contribution is 5.26. The van der Waals surface area contributed by atoms with E-state index in [1.54, 1.807) is 11.1 Å². The Morgan fingerprint density at radius 3 is 1.44 bits per heavy atom. The second kappa shape index (κ2) is 5.34. The maximum absolute atomic E-state index is 2.34. The number of hydrogen-bond acceptors (Lipinski definition) is 0. The number of hydrogen-bond donors (Lipinski definition) is 0. The van der Waals surface area contributed by atoms with Crippen molar-refractivity contribution in [3.05, 3.63) is 46.6 Å². The van der Waals surface area contributed by atoms with Gasteiger partial charge in [-0.1, -0.05) is 46.6 Å². The third-order valence-electron chi connectivity index (χ3n) is 3.66. The lowest BCUT2D eigenvalue weighted by molar-refractivity contribution is 0.771. The van der Waals surface area contributed by atoms with Crippen molar-refractivity contribution < 1.29 is 0 Å². The van der Waals surface area contributed by atoms with Crippen LogP contribution in [0.4, 0.5) is 0 Å². The van der Waals surface area contributed by atoms with Crippen LogP contribution in [0.5, 0.6) is 0 Å². The molecule has 86 valence electrons. The van der Waals surface area contributed by atoms with Gasteiger partial charge in [0.1, 0.15) is 0 Å². The lowest BCUT2D eigenvalue weighted by Gasteiger charge is -2.15. The zero-order valence-corrected chi connectivity index (χ0v) is 10.6. The standard InChI is InChI=1S/C16H22/c1-13-3-7-15(8-4-13)11-12-16-9-5-14(2)6-10-16/h3,5,7,9H,4,6,8,10-12H2,1-2H3. The third kappa shape index (κ3) is 3.23. The first kappa shape index (κ1) is 11.4. The summed E-state index contributed by atoms with van der Waals surface area (Å²) in [4.78, 5) is 0. The van der Waals surface area contributed by atoms with Gasteiger partial charge in [0.2, 0.25) is 0 Å². The van der Waals surface area contributed by atoms with Gasteiger partial charge in [0, 0.05) is 0 Å². The first-order valence-corrected chi connectivity index (χ1v) is 6.44. The van der Waals surface area contributed by atoms with Gasteiger partial charge in [0.15, 0.2) is 0 Å². The highest BCUT2D eigenvalue weighted by Gasteiger charge is 2.07. The minimum absolute atomic E-state index is 1.27. The van der Waals surface area contributed by atoms with Crippen LogP contribution in [0.1, 0.15) is 52.4 Å². The number of rotatable bonds is 3. The molecule has 0 spiro atoms. The smallest absolute Gasteiger partial charge is 0.0280 e. The summed E-state index contributed by atoms with van der Waals surface area (Å²) in [6, 6.07) is 0. The highest BCUT2D eigenvalue weighted by atomic mass is 14.1. The summed E-state index contributed by atoms with van der Waals surface area (Å²) in [5, 5.41) is 0. The second-order valence-electron chi connectivity index (χ2n) is 5.18. The molecule has 0 amide bonds. The summed E-state index contributed by atoms with van der Waals surface area (Å²) < 4.78 is 0. The van der Waals surface area contributed by atoms with Crippen molar-refractivity contribution in [2.45, 2.75) is 52.4 Å². The summed E-state index contributed by atoms with van der Waals surface area (Å²) in [5.41, 5.74) is 6.33. The molecule has 0 nitrogen and oxygen atoms in total. The lowest BCUT2D eigenvalue weighted by Crippen LogP contribution is -1.95. The van der Waals surface area contributed by atoms with Crippen molar-refractivity contribution in [1.29, 1.82) is 0 Å². The molecular formula is C16H22. The molecule has 0 heterocycles. The summed E-state index contributed by atoms with van der Waals surface area (Å²) in [6.07, 6.45) is 16.9. The van der Waals surface area contributed by atoms with Crippen molar-refractivity contribution in [1.82, 2.24) is 0 Å². The van der Waals surface area contributed by atoms with E-state index < -0.39 is 0 Å². The van der Waals surface area contributed by atoms with Gasteiger partial charge < -0.3 is 0 Å². The first-order valence-electron chi connectivity index (χ1n) is 6.44. The van der Waals surface area contributed by atoms with Crippen LogP contribution in [-0.2, 0) is 0 Å². The summed E-state index contributed by atoms with van der Waals surface area (Å²) >= 11 is 0. The molecule has 0 saturated carbocycles. The van der Waals surface area contributed by atoms with Crippen LogP contribution >= 0.6 is 0 Å². The van der Waals surface area contributed by atoms with Crippen molar-refractivity contribution in [2.75, 3.05) is 0 Å². The molecule has 0 radical (unpaired) electrons. The number of allylic oxidation sites excluding steroid dienone is 8. The van der Waals surface area contributed by atoms with Gasteiger partial charge in [-0.2, -0.15) is 0 Å². The molecule has 2 aliphatic rings. The maximum Gasteiger partial charge on any atom is -0.0280 e. The van der Waals surface area contributed by atoms with Crippen LogP contribution in [-0.4, -0.2) is 0 Å². The van der Waals surface area contributed by atoms with E-state index in [4.69, 9.17) is 0 Å². The Bertz CT molecular complexity index is 337. The molecule has 0 fully saturated rings. The predicted molar refractivity (Wildman–Crippen MR) is 71.4 cm³/mol. The molecule has 2 aliphatic carbocycles. The van der Waals surface area contributed by atoms with E-state index in [9.17, 15) is 0 Å². The minimum Gasteiger partial charge on any atom is -0.0730 e. The van der Waals surface area contributed by atoms with E-state index in [1.807, 2.05) is 0 Å². The van der Waals surface area contributed by atoms with Gasteiger partial charge in [0.25, 0.3) is 0 Å². The van der Waals surface area contributed by atoms with Crippen LogP contribution in [0, 0.1) is 0 Å². The summed E-state index contributed by atoms with van der Waals surface area (Å²) in [7, 11) is 0. The largest absolute Gasteiger partial charge is 0.0730 e. The molecule has 0 aromatic heterocycles. The SMILES string of the molecule is CC1=CC=C(CCC2=CC=C(C)CC2)CC1. The van der Waals surface area contributed by atoms with Gasteiger partial charge >= 0.3 is 0 Å². The molecule has 0 saturated heterocycles. The molecule has 0 unspecified atom stereocenters. The lowest BCUT2D eigenvalue weighted by atomic mass is 9.91. The van der Waals surface area contributed by atoms with E-state index in [2.05, 4.69) is 38.2 Å². The second-order valence-corrected chi connectivity index (χ2v) is 5.18. The van der Waals surface area contributed by atoms with Crippen LogP contribution in [0.2, 0.25) is 0 Å². The van der Waals surface area contributed by atoms with Crippen molar-refractivity contribution in [3.8, 4) is 0 Å². The fraction of sp³-hybridized carbons (Fsp3) is 0.500. The Morgan fingerprint density at radius 2 is 1.12 bits per heavy atom. The molecular weight excluding hydrogens is 192 g/mol. The zero-order chi connectivity index (χ0) is 11.4. The predicted octanol–water partition coefficient (Wildman–Crippen LogP) is 5.10. The Labute approximate surface area is 99.4 Å². The van der Waals surface area contributed by atoms with Crippen LogP contribution < -0.4 is 0 Å². The van der Waals surface area contributed by atoms with E-state index in [0.29, 0.717) is 0 Å². The molecule has 16 heavy (non-hydrogen) atoms. The van der Waals surface area contributed by atoms with Gasteiger partial charge in [-0.15, -0.1) is 0 Å². The Morgan fingerprint density at radius 1 is 0.688 bits per heavy atom. The third-order valence-corrected chi connectivity index (χ3v) is 3.66. The van der Waals surface area contributed by atoms with Crippen molar-refractivity contribution in [3.63, 3.8) is 0 Å². The zero-order valence-electron chi connectivity index (χ0n) is 10.6. The Balaban J connectivity index is 1.84. The molecule has 0 aromatic rings. The normalized spacial score (nSPS) is 20.9. The molecule has 0 aliphatic heterocycles. The average Bonchev–Trinajstić information content (AvgIpc) is 2.30. The fourth-order valence-corrected chi connectivity index (χ4v) is 2.31. The molecule has 0 aromatic carbocycles. The first-order chi connectivity index (χ1) is 7.74. The quantitative estimate of drug-likeness (QED) is 0.613. The Kier molecular flexibility index (Phi) is 3.82. The molecule has 2 rings (SSSR count). The molecule has 0 atom stereocenters. The average molecular weight is 214 g/mol. The van der Waals surface area contributed by atoms with Crippen LogP contribution in [0.15, 0.2) is 46.6 Å². The van der Waals surface area contributed by atoms with Crippen LogP contribution in [0.25, 0.3) is 0 Å². The van der Waals surface area contributed by atoms with E-state index in [1.165, 1.54) is 49.7 Å². The van der Waals surface area contributed by atoms with Crippen molar-refractivity contribution in [2.24, 2.45) is 0 Å². The summed E-state index contributed by atoms with van der Waals surface area (Å²) in [6.45, 7) is 4.45. The molecule has 0 bridgehead atoms. The van der Waals surface area contributed by atoms with Gasteiger partial charge in [0.05, 0.1) is 0 Å². The molecule has 0 N–H and O–H groups in total.